The molecule has 0 bridgehead atoms. The van der Waals surface area contributed by atoms with Gasteiger partial charge in [0.25, 0.3) is 5.91 Å². The lowest BCUT2D eigenvalue weighted by atomic mass is 9.92. The molecule has 0 aliphatic rings. The van der Waals surface area contributed by atoms with Crippen molar-refractivity contribution in [3.05, 3.63) is 77.6 Å². The zero-order chi connectivity index (χ0) is 20.4. The molecular formula is C22H21N5OS. The van der Waals surface area contributed by atoms with Crippen molar-refractivity contribution in [2.75, 3.05) is 5.32 Å². The van der Waals surface area contributed by atoms with Crippen molar-refractivity contribution in [1.82, 2.24) is 19.7 Å². The van der Waals surface area contributed by atoms with Crippen molar-refractivity contribution in [2.45, 2.75) is 26.2 Å². The number of anilines is 1. The monoisotopic (exact) mass is 403 g/mol. The molecule has 0 unspecified atom stereocenters. The molecular weight excluding hydrogens is 382 g/mol. The summed E-state index contributed by atoms with van der Waals surface area (Å²) in [7, 11) is 0. The minimum atomic E-state index is -0.277. The molecule has 0 atom stereocenters. The van der Waals surface area contributed by atoms with Crippen molar-refractivity contribution in [2.24, 2.45) is 0 Å². The third-order valence-electron chi connectivity index (χ3n) is 4.34. The largest absolute Gasteiger partial charge is 0.305 e. The molecule has 0 radical (unpaired) electrons. The predicted octanol–water partition coefficient (Wildman–Crippen LogP) is 4.94. The van der Waals surface area contributed by atoms with Gasteiger partial charge in [-0.25, -0.2) is 9.97 Å². The van der Waals surface area contributed by atoms with Crippen LogP contribution in [0.25, 0.3) is 16.4 Å². The smallest absolute Gasteiger partial charge is 0.276 e. The van der Waals surface area contributed by atoms with Gasteiger partial charge < -0.3 is 5.32 Å². The van der Waals surface area contributed by atoms with E-state index in [4.69, 9.17) is 0 Å². The molecule has 0 saturated carbocycles. The molecule has 29 heavy (non-hydrogen) atoms. The lowest BCUT2D eigenvalue weighted by Gasteiger charge is -2.13. The quantitative estimate of drug-likeness (QED) is 0.524. The molecule has 4 aromatic rings. The van der Waals surface area contributed by atoms with Gasteiger partial charge in [-0.1, -0.05) is 57.2 Å². The molecule has 6 nitrogen and oxygen atoms in total. The molecule has 0 saturated heterocycles. The first-order chi connectivity index (χ1) is 13.9. The average molecular weight is 404 g/mol. The summed E-state index contributed by atoms with van der Waals surface area (Å²) in [6.45, 7) is 6.24. The van der Waals surface area contributed by atoms with Crippen LogP contribution in [0.3, 0.4) is 0 Å². The minimum Gasteiger partial charge on any atom is -0.305 e. The molecule has 146 valence electrons. The van der Waals surface area contributed by atoms with E-state index in [1.54, 1.807) is 16.3 Å². The molecule has 1 aromatic carbocycles. The molecule has 4 rings (SSSR count). The van der Waals surface area contributed by atoms with Gasteiger partial charge in [0.15, 0.2) is 5.82 Å². The Balaban J connectivity index is 1.64. The topological polar surface area (TPSA) is 72.7 Å². The van der Waals surface area contributed by atoms with Gasteiger partial charge in [-0.2, -0.15) is 9.78 Å². The molecule has 0 fully saturated rings. The molecule has 1 N–H and O–H groups in total. The maximum atomic E-state index is 12.9. The standard InChI is InChI=1S/C22H21N5OS/c1-22(2,3)17-13-19(27(26-17)18-11-7-8-12-23-18)25-20(28)16-14-29-21(24-16)15-9-5-4-6-10-15/h4-14H,1-3H3,(H,25,28). The van der Waals surface area contributed by atoms with Gasteiger partial charge in [0.2, 0.25) is 0 Å². The van der Waals surface area contributed by atoms with E-state index in [0.29, 0.717) is 17.3 Å². The predicted molar refractivity (Wildman–Crippen MR) is 116 cm³/mol. The third kappa shape index (κ3) is 4.09. The van der Waals surface area contributed by atoms with Crippen LogP contribution < -0.4 is 5.32 Å². The first-order valence-electron chi connectivity index (χ1n) is 9.26. The highest BCUT2D eigenvalue weighted by Gasteiger charge is 2.22. The van der Waals surface area contributed by atoms with Crippen molar-refractivity contribution in [3.8, 4) is 16.4 Å². The Morgan fingerprint density at radius 2 is 1.83 bits per heavy atom. The number of carbonyl (C=O) groups is 1. The van der Waals surface area contributed by atoms with Crippen LogP contribution in [0.4, 0.5) is 5.82 Å². The summed E-state index contributed by atoms with van der Waals surface area (Å²) in [6.07, 6.45) is 1.70. The number of thiazole rings is 1. The van der Waals surface area contributed by atoms with Crippen molar-refractivity contribution in [3.63, 3.8) is 0 Å². The molecule has 3 heterocycles. The molecule has 7 heteroatoms. The Kier molecular flexibility index (Phi) is 4.98. The summed E-state index contributed by atoms with van der Waals surface area (Å²) < 4.78 is 1.66. The van der Waals surface area contributed by atoms with Crippen LogP contribution in [0.5, 0.6) is 0 Å². The van der Waals surface area contributed by atoms with Crippen LogP contribution in [0.15, 0.2) is 66.2 Å². The summed E-state index contributed by atoms with van der Waals surface area (Å²) in [5.74, 6) is 0.926. The number of amides is 1. The van der Waals surface area contributed by atoms with Gasteiger partial charge in [0.1, 0.15) is 16.5 Å². The number of benzene rings is 1. The summed E-state index contributed by atoms with van der Waals surface area (Å²) >= 11 is 1.44. The summed E-state index contributed by atoms with van der Waals surface area (Å²) in [5.41, 5.74) is 2.06. The van der Waals surface area contributed by atoms with Gasteiger partial charge in [-0.15, -0.1) is 11.3 Å². The average Bonchev–Trinajstić information content (AvgIpc) is 3.37. The Hall–Kier alpha value is -3.32. The molecule has 0 aliphatic heterocycles. The first kappa shape index (κ1) is 19.0. The van der Waals surface area contributed by atoms with E-state index in [2.05, 4.69) is 41.2 Å². The minimum absolute atomic E-state index is 0.166. The summed E-state index contributed by atoms with van der Waals surface area (Å²) in [5, 5.41) is 10.2. The molecule has 0 aliphatic carbocycles. The fraction of sp³-hybridized carbons (Fsp3) is 0.182. The summed E-state index contributed by atoms with van der Waals surface area (Å²) in [4.78, 5) is 21.7. The Bertz CT molecular complexity index is 1130. The van der Waals surface area contributed by atoms with E-state index in [1.807, 2.05) is 54.6 Å². The third-order valence-corrected chi connectivity index (χ3v) is 5.23. The highest BCUT2D eigenvalue weighted by molar-refractivity contribution is 7.13. The van der Waals surface area contributed by atoms with Crippen molar-refractivity contribution >= 4 is 23.1 Å². The second-order valence-electron chi connectivity index (χ2n) is 7.62. The highest BCUT2D eigenvalue weighted by atomic mass is 32.1. The maximum Gasteiger partial charge on any atom is 0.276 e. The van der Waals surface area contributed by atoms with Gasteiger partial charge in [-0.3, -0.25) is 4.79 Å². The van der Waals surface area contributed by atoms with Crippen molar-refractivity contribution in [1.29, 1.82) is 0 Å². The second-order valence-corrected chi connectivity index (χ2v) is 8.48. The van der Waals surface area contributed by atoms with Crippen LogP contribution >= 0.6 is 11.3 Å². The molecule has 3 aromatic heterocycles. The second kappa shape index (κ2) is 7.60. The number of carbonyl (C=O) groups excluding carboxylic acids is 1. The zero-order valence-corrected chi connectivity index (χ0v) is 17.3. The van der Waals surface area contributed by atoms with E-state index in [1.165, 1.54) is 11.3 Å². The molecule has 1 amide bonds. The number of aromatic nitrogens is 4. The first-order valence-corrected chi connectivity index (χ1v) is 10.1. The number of nitrogens with zero attached hydrogens (tertiary/aromatic N) is 4. The number of hydrogen-bond donors (Lipinski definition) is 1. The number of hydrogen-bond acceptors (Lipinski definition) is 5. The fourth-order valence-electron chi connectivity index (χ4n) is 2.76. The number of rotatable bonds is 4. The van der Waals surface area contributed by atoms with E-state index in [-0.39, 0.29) is 11.3 Å². The lowest BCUT2D eigenvalue weighted by Crippen LogP contribution is -2.16. The Morgan fingerprint density at radius 1 is 1.07 bits per heavy atom. The Morgan fingerprint density at radius 3 is 2.52 bits per heavy atom. The normalized spacial score (nSPS) is 11.4. The maximum absolute atomic E-state index is 12.9. The number of nitrogens with one attached hydrogen (secondary N) is 1. The van der Waals surface area contributed by atoms with Gasteiger partial charge in [0.05, 0.1) is 5.69 Å². The van der Waals surface area contributed by atoms with Crippen LogP contribution in [0.1, 0.15) is 37.0 Å². The van der Waals surface area contributed by atoms with Crippen LogP contribution in [0.2, 0.25) is 0 Å². The van der Waals surface area contributed by atoms with Crippen LogP contribution in [0, 0.1) is 0 Å². The van der Waals surface area contributed by atoms with E-state index < -0.39 is 0 Å². The van der Waals surface area contributed by atoms with Gasteiger partial charge in [-0.05, 0) is 12.1 Å². The summed E-state index contributed by atoms with van der Waals surface area (Å²) in [6, 6.07) is 17.3. The van der Waals surface area contributed by atoms with Crippen molar-refractivity contribution < 1.29 is 4.79 Å². The SMILES string of the molecule is CC(C)(C)c1cc(NC(=O)c2csc(-c3ccccc3)n2)n(-c2ccccn2)n1. The van der Waals surface area contributed by atoms with Gasteiger partial charge >= 0.3 is 0 Å². The fourth-order valence-corrected chi connectivity index (χ4v) is 3.57. The molecule has 0 spiro atoms. The van der Waals surface area contributed by atoms with E-state index in [0.717, 1.165) is 16.3 Å². The zero-order valence-electron chi connectivity index (χ0n) is 16.5. The van der Waals surface area contributed by atoms with E-state index in [9.17, 15) is 4.79 Å². The van der Waals surface area contributed by atoms with E-state index >= 15 is 0 Å². The van der Waals surface area contributed by atoms with Gasteiger partial charge in [0, 0.05) is 28.6 Å². The number of pyridine rings is 1. The van der Waals surface area contributed by atoms with Crippen LogP contribution in [-0.4, -0.2) is 25.7 Å². The Labute approximate surface area is 173 Å². The highest BCUT2D eigenvalue weighted by Crippen LogP contribution is 2.27. The lowest BCUT2D eigenvalue weighted by molar-refractivity contribution is 0.102. The van der Waals surface area contributed by atoms with Crippen LogP contribution in [-0.2, 0) is 5.41 Å².